The third-order valence-electron chi connectivity index (χ3n) is 2.55. The van der Waals surface area contributed by atoms with Gasteiger partial charge in [-0.05, 0) is 23.3 Å². The Bertz CT molecular complexity index is 395. The molecule has 2 aromatic rings. The Kier molecular flexibility index (Phi) is 4.78. The van der Waals surface area contributed by atoms with E-state index in [4.69, 9.17) is 4.74 Å². The van der Waals surface area contributed by atoms with Crippen molar-refractivity contribution < 1.29 is 4.74 Å². The first-order chi connectivity index (χ1) is 6.93. The van der Waals surface area contributed by atoms with Crippen molar-refractivity contribution in [2.45, 2.75) is 6.42 Å². The third kappa shape index (κ3) is 2.40. The van der Waals surface area contributed by atoms with Gasteiger partial charge < -0.3 is 4.74 Å². The van der Waals surface area contributed by atoms with Crippen LogP contribution in [-0.2, 0) is 6.42 Å². The zero-order valence-corrected chi connectivity index (χ0v) is 9.73. The smallest absolute Gasteiger partial charge is 0.130 e. The number of rotatable bonds is 0. The van der Waals surface area contributed by atoms with Gasteiger partial charge in [0.2, 0.25) is 0 Å². The molecule has 0 unspecified atom stereocenters. The van der Waals surface area contributed by atoms with Crippen molar-refractivity contribution in [1.29, 1.82) is 0 Å². The van der Waals surface area contributed by atoms with Crippen molar-refractivity contribution in [2.75, 3.05) is 0 Å². The van der Waals surface area contributed by atoms with E-state index in [1.807, 2.05) is 24.3 Å². The Morgan fingerprint density at radius 2 is 1.12 bits per heavy atom. The van der Waals surface area contributed by atoms with Crippen LogP contribution in [-0.4, -0.2) is 37.7 Å². The largest absolute Gasteiger partial charge is 0.457 e. The van der Waals surface area contributed by atoms with E-state index in [2.05, 4.69) is 24.3 Å². The second kappa shape index (κ2) is 5.67. The minimum absolute atomic E-state index is 0. The van der Waals surface area contributed by atoms with Crippen LogP contribution in [0.2, 0.25) is 0 Å². The van der Waals surface area contributed by atoms with Crippen LogP contribution in [0.25, 0.3) is 0 Å². The number of hydrogen-bond donors (Lipinski definition) is 0. The van der Waals surface area contributed by atoms with Gasteiger partial charge in [0.1, 0.15) is 11.5 Å². The molecule has 0 saturated carbocycles. The SMILES string of the molecule is [Li].[Li].c1ccc2c(c1)Cc1ccccc1O2. The van der Waals surface area contributed by atoms with Crippen LogP contribution >= 0.6 is 0 Å². The van der Waals surface area contributed by atoms with Crippen molar-refractivity contribution in [3.8, 4) is 11.5 Å². The molecule has 3 heteroatoms. The molecule has 0 fully saturated rings. The van der Waals surface area contributed by atoms with E-state index in [9.17, 15) is 0 Å². The zero-order chi connectivity index (χ0) is 9.38. The predicted octanol–water partition coefficient (Wildman–Crippen LogP) is 2.62. The number of ether oxygens (including phenoxy) is 1. The van der Waals surface area contributed by atoms with E-state index in [0.29, 0.717) is 0 Å². The first-order valence-corrected chi connectivity index (χ1v) is 4.77. The molecule has 0 bridgehead atoms. The molecule has 0 N–H and O–H groups in total. The van der Waals surface area contributed by atoms with E-state index in [1.54, 1.807) is 0 Å². The Hall–Kier alpha value is -0.565. The predicted molar refractivity (Wildman–Crippen MR) is 67.3 cm³/mol. The zero-order valence-electron chi connectivity index (χ0n) is 9.73. The fraction of sp³-hybridized carbons (Fsp3) is 0.0769. The van der Waals surface area contributed by atoms with Crippen molar-refractivity contribution >= 4 is 37.7 Å². The molecule has 0 amide bonds. The fourth-order valence-electron chi connectivity index (χ4n) is 1.82. The molecular weight excluding hydrogens is 186 g/mol. The summed E-state index contributed by atoms with van der Waals surface area (Å²) in [6, 6.07) is 16.4. The summed E-state index contributed by atoms with van der Waals surface area (Å²) in [4.78, 5) is 0. The Morgan fingerprint density at radius 1 is 0.688 bits per heavy atom. The van der Waals surface area contributed by atoms with Crippen LogP contribution in [0.3, 0.4) is 0 Å². The van der Waals surface area contributed by atoms with Gasteiger partial charge in [-0.1, -0.05) is 36.4 Å². The Morgan fingerprint density at radius 3 is 1.62 bits per heavy atom. The summed E-state index contributed by atoms with van der Waals surface area (Å²) in [5.41, 5.74) is 2.54. The summed E-state index contributed by atoms with van der Waals surface area (Å²) >= 11 is 0. The topological polar surface area (TPSA) is 9.23 Å². The number of benzene rings is 2. The number of hydrogen-bond acceptors (Lipinski definition) is 1. The molecule has 0 aromatic heterocycles. The van der Waals surface area contributed by atoms with Gasteiger partial charge >= 0.3 is 0 Å². The molecule has 0 spiro atoms. The van der Waals surface area contributed by atoms with Crippen LogP contribution in [0.1, 0.15) is 11.1 Å². The second-order valence-corrected chi connectivity index (χ2v) is 3.49. The summed E-state index contributed by atoms with van der Waals surface area (Å²) in [6.07, 6.45) is 0.979. The third-order valence-corrected chi connectivity index (χ3v) is 2.55. The van der Waals surface area contributed by atoms with Gasteiger partial charge in [-0.25, -0.2) is 0 Å². The molecule has 1 nitrogen and oxygen atoms in total. The van der Waals surface area contributed by atoms with Crippen LogP contribution in [0, 0.1) is 0 Å². The molecular formula is C13H10Li2O. The molecule has 2 radical (unpaired) electrons. The normalized spacial score (nSPS) is 11.0. The Labute approximate surface area is 120 Å². The molecule has 2 aromatic carbocycles. The first-order valence-electron chi connectivity index (χ1n) is 4.77. The fourth-order valence-corrected chi connectivity index (χ4v) is 1.82. The van der Waals surface area contributed by atoms with Crippen LogP contribution in [0.15, 0.2) is 48.5 Å². The van der Waals surface area contributed by atoms with Crippen molar-refractivity contribution in [1.82, 2.24) is 0 Å². The van der Waals surface area contributed by atoms with Crippen LogP contribution in [0.5, 0.6) is 11.5 Å². The quantitative estimate of drug-likeness (QED) is 0.502. The summed E-state index contributed by atoms with van der Waals surface area (Å²) in [7, 11) is 0. The average Bonchev–Trinajstić information content (AvgIpc) is 2.26. The molecule has 0 aliphatic carbocycles. The van der Waals surface area contributed by atoms with Gasteiger partial charge in [0, 0.05) is 44.1 Å². The molecule has 16 heavy (non-hydrogen) atoms. The number of para-hydroxylation sites is 2. The van der Waals surface area contributed by atoms with Gasteiger partial charge in [-0.15, -0.1) is 0 Å². The average molecular weight is 196 g/mol. The van der Waals surface area contributed by atoms with E-state index in [0.717, 1.165) is 17.9 Å². The molecule has 0 atom stereocenters. The van der Waals surface area contributed by atoms with E-state index in [-0.39, 0.29) is 37.7 Å². The molecule has 0 saturated heterocycles. The molecule has 1 aliphatic heterocycles. The maximum Gasteiger partial charge on any atom is 0.130 e. The van der Waals surface area contributed by atoms with E-state index in [1.165, 1.54) is 11.1 Å². The van der Waals surface area contributed by atoms with E-state index >= 15 is 0 Å². The maximum atomic E-state index is 5.78. The number of fused-ring (bicyclic) bond motifs is 2. The standard InChI is InChI=1S/C13H10O.2Li/c1-3-7-12-10(5-1)9-11-6-2-4-8-13(11)14-12;;/h1-8H,9H2;;. The van der Waals surface area contributed by atoms with Crippen LogP contribution < -0.4 is 4.74 Å². The summed E-state index contributed by atoms with van der Waals surface area (Å²) in [6.45, 7) is 0. The molecule has 1 aliphatic rings. The molecule has 1 heterocycles. The minimum atomic E-state index is 0. The van der Waals surface area contributed by atoms with E-state index < -0.39 is 0 Å². The maximum absolute atomic E-state index is 5.78. The summed E-state index contributed by atoms with van der Waals surface area (Å²) < 4.78 is 5.78. The minimum Gasteiger partial charge on any atom is -0.457 e. The van der Waals surface area contributed by atoms with Gasteiger partial charge in [0.15, 0.2) is 0 Å². The van der Waals surface area contributed by atoms with Gasteiger partial charge in [0.05, 0.1) is 0 Å². The van der Waals surface area contributed by atoms with Gasteiger partial charge in [-0.2, -0.15) is 0 Å². The molecule has 3 rings (SSSR count). The van der Waals surface area contributed by atoms with Crippen molar-refractivity contribution in [3.63, 3.8) is 0 Å². The van der Waals surface area contributed by atoms with Crippen molar-refractivity contribution in [2.24, 2.45) is 0 Å². The first kappa shape index (κ1) is 13.5. The summed E-state index contributed by atoms with van der Waals surface area (Å²) in [5.74, 6) is 1.98. The second-order valence-electron chi connectivity index (χ2n) is 3.49. The monoisotopic (exact) mass is 196 g/mol. The van der Waals surface area contributed by atoms with Gasteiger partial charge in [-0.3, -0.25) is 0 Å². The summed E-state index contributed by atoms with van der Waals surface area (Å²) in [5, 5.41) is 0. The van der Waals surface area contributed by atoms with Gasteiger partial charge in [0.25, 0.3) is 0 Å². The Balaban J connectivity index is 0.000000640. The van der Waals surface area contributed by atoms with Crippen molar-refractivity contribution in [3.05, 3.63) is 59.7 Å². The molecule has 70 valence electrons. The van der Waals surface area contributed by atoms with Crippen LogP contribution in [0.4, 0.5) is 0 Å².